The van der Waals surface area contributed by atoms with Crippen molar-refractivity contribution in [3.8, 4) is 0 Å². The number of hydrogen-bond donors (Lipinski definition) is 3. The number of nitrogens with one attached hydrogen (secondary N) is 3. The lowest BCUT2D eigenvalue weighted by Crippen LogP contribution is -2.42. The first-order valence-corrected chi connectivity index (χ1v) is 4.95. The SMILES string of the molecule is CCNC(=S)NCCNC(=O)N(C)C. The predicted octanol–water partition coefficient (Wildman–Crippen LogP) is -0.258. The van der Waals surface area contributed by atoms with Crippen LogP contribution in [0.3, 0.4) is 0 Å². The molecule has 0 radical (unpaired) electrons. The van der Waals surface area contributed by atoms with Crippen LogP contribution < -0.4 is 16.0 Å². The Morgan fingerprint density at radius 2 is 1.79 bits per heavy atom. The highest BCUT2D eigenvalue weighted by molar-refractivity contribution is 7.80. The van der Waals surface area contributed by atoms with E-state index in [2.05, 4.69) is 16.0 Å². The number of rotatable bonds is 4. The number of urea groups is 1. The lowest BCUT2D eigenvalue weighted by Gasteiger charge is -2.13. The molecule has 0 aliphatic heterocycles. The van der Waals surface area contributed by atoms with Gasteiger partial charge in [-0.25, -0.2) is 4.79 Å². The topological polar surface area (TPSA) is 56.4 Å². The summed E-state index contributed by atoms with van der Waals surface area (Å²) < 4.78 is 0. The van der Waals surface area contributed by atoms with E-state index in [1.54, 1.807) is 14.1 Å². The van der Waals surface area contributed by atoms with E-state index in [4.69, 9.17) is 12.2 Å². The lowest BCUT2D eigenvalue weighted by atomic mass is 10.6. The summed E-state index contributed by atoms with van der Waals surface area (Å²) in [5.74, 6) is 0. The first-order chi connectivity index (χ1) is 6.57. The molecule has 0 atom stereocenters. The predicted molar refractivity (Wildman–Crippen MR) is 61.4 cm³/mol. The van der Waals surface area contributed by atoms with E-state index in [1.165, 1.54) is 4.90 Å². The number of amides is 2. The molecule has 0 saturated heterocycles. The highest BCUT2D eigenvalue weighted by Crippen LogP contribution is 1.74. The number of thiocarbonyl (C=S) groups is 1. The van der Waals surface area contributed by atoms with E-state index in [0.717, 1.165) is 6.54 Å². The molecule has 0 spiro atoms. The fourth-order valence-electron chi connectivity index (χ4n) is 0.727. The van der Waals surface area contributed by atoms with Crippen molar-refractivity contribution in [1.82, 2.24) is 20.9 Å². The maximum atomic E-state index is 11.1. The fourth-order valence-corrected chi connectivity index (χ4v) is 0.973. The molecule has 0 aromatic carbocycles. The number of hydrogen-bond acceptors (Lipinski definition) is 2. The summed E-state index contributed by atoms with van der Waals surface area (Å²) in [4.78, 5) is 12.5. The molecule has 6 heteroatoms. The van der Waals surface area contributed by atoms with Crippen LogP contribution in [0.5, 0.6) is 0 Å². The number of carbonyl (C=O) groups is 1. The molecule has 5 nitrogen and oxygen atoms in total. The fraction of sp³-hybridized carbons (Fsp3) is 0.750. The third kappa shape index (κ3) is 6.47. The Hall–Kier alpha value is -1.04. The molecule has 0 saturated carbocycles. The highest BCUT2D eigenvalue weighted by Gasteiger charge is 2.00. The van der Waals surface area contributed by atoms with Crippen molar-refractivity contribution in [2.75, 3.05) is 33.7 Å². The van der Waals surface area contributed by atoms with Crippen LogP contribution in [0.15, 0.2) is 0 Å². The third-order valence-electron chi connectivity index (χ3n) is 1.43. The van der Waals surface area contributed by atoms with Crippen molar-refractivity contribution in [2.45, 2.75) is 6.92 Å². The van der Waals surface area contributed by atoms with Crippen molar-refractivity contribution < 1.29 is 4.79 Å². The van der Waals surface area contributed by atoms with Crippen LogP contribution in [-0.2, 0) is 0 Å². The van der Waals surface area contributed by atoms with Gasteiger partial charge >= 0.3 is 6.03 Å². The van der Waals surface area contributed by atoms with E-state index >= 15 is 0 Å². The zero-order valence-electron chi connectivity index (χ0n) is 8.89. The van der Waals surface area contributed by atoms with Gasteiger partial charge in [-0.1, -0.05) is 0 Å². The largest absolute Gasteiger partial charge is 0.363 e. The second-order valence-electron chi connectivity index (χ2n) is 2.91. The van der Waals surface area contributed by atoms with Gasteiger partial charge in [0.05, 0.1) is 0 Å². The monoisotopic (exact) mass is 218 g/mol. The Kier molecular flexibility index (Phi) is 6.82. The molecule has 0 heterocycles. The van der Waals surface area contributed by atoms with Gasteiger partial charge in [0.1, 0.15) is 0 Å². The van der Waals surface area contributed by atoms with Crippen molar-refractivity contribution in [2.24, 2.45) is 0 Å². The molecular weight excluding hydrogens is 200 g/mol. The van der Waals surface area contributed by atoms with Gasteiger partial charge in [0.15, 0.2) is 5.11 Å². The molecule has 0 aliphatic rings. The Morgan fingerprint density at radius 3 is 2.29 bits per heavy atom. The molecule has 0 rings (SSSR count). The molecule has 0 aromatic heterocycles. The van der Waals surface area contributed by atoms with Gasteiger partial charge in [0.25, 0.3) is 0 Å². The molecule has 82 valence electrons. The summed E-state index contributed by atoms with van der Waals surface area (Å²) in [6.45, 7) is 3.96. The first-order valence-electron chi connectivity index (χ1n) is 4.54. The zero-order chi connectivity index (χ0) is 11.0. The summed E-state index contributed by atoms with van der Waals surface area (Å²) in [6.07, 6.45) is 0. The normalized spacial score (nSPS) is 9.07. The van der Waals surface area contributed by atoms with Crippen molar-refractivity contribution in [3.05, 3.63) is 0 Å². The Bertz CT molecular complexity index is 196. The second-order valence-corrected chi connectivity index (χ2v) is 3.32. The Labute approximate surface area is 90.2 Å². The van der Waals surface area contributed by atoms with Gasteiger partial charge in [-0.3, -0.25) is 0 Å². The van der Waals surface area contributed by atoms with Crippen LogP contribution >= 0.6 is 12.2 Å². The summed E-state index contributed by atoms with van der Waals surface area (Å²) >= 11 is 4.94. The molecule has 0 fully saturated rings. The minimum Gasteiger partial charge on any atom is -0.363 e. The van der Waals surface area contributed by atoms with Crippen LogP contribution in [0, 0.1) is 0 Å². The van der Waals surface area contributed by atoms with E-state index in [-0.39, 0.29) is 6.03 Å². The number of carbonyl (C=O) groups excluding carboxylic acids is 1. The quantitative estimate of drug-likeness (QED) is 0.449. The van der Waals surface area contributed by atoms with Gasteiger partial charge in [0.2, 0.25) is 0 Å². The van der Waals surface area contributed by atoms with Gasteiger partial charge < -0.3 is 20.9 Å². The van der Waals surface area contributed by atoms with Crippen molar-refractivity contribution in [3.63, 3.8) is 0 Å². The van der Waals surface area contributed by atoms with Crippen LogP contribution in [0.4, 0.5) is 4.79 Å². The summed E-state index contributed by atoms with van der Waals surface area (Å²) in [7, 11) is 3.40. The van der Waals surface area contributed by atoms with E-state index < -0.39 is 0 Å². The summed E-state index contributed by atoms with van der Waals surface area (Å²) in [5.41, 5.74) is 0. The molecule has 0 aromatic rings. The second kappa shape index (κ2) is 7.37. The average molecular weight is 218 g/mol. The maximum Gasteiger partial charge on any atom is 0.316 e. The first kappa shape index (κ1) is 13.0. The van der Waals surface area contributed by atoms with E-state index in [9.17, 15) is 4.79 Å². The van der Waals surface area contributed by atoms with E-state index in [0.29, 0.717) is 18.2 Å². The van der Waals surface area contributed by atoms with Crippen molar-refractivity contribution >= 4 is 23.4 Å². The molecule has 2 amide bonds. The Morgan fingerprint density at radius 1 is 1.21 bits per heavy atom. The maximum absolute atomic E-state index is 11.1. The minimum absolute atomic E-state index is 0.0961. The highest BCUT2D eigenvalue weighted by atomic mass is 32.1. The smallest absolute Gasteiger partial charge is 0.316 e. The average Bonchev–Trinajstić information content (AvgIpc) is 2.12. The molecule has 14 heavy (non-hydrogen) atoms. The molecule has 0 bridgehead atoms. The van der Waals surface area contributed by atoms with Gasteiger partial charge in [0, 0.05) is 33.7 Å². The molecular formula is C8H18N4OS. The zero-order valence-corrected chi connectivity index (χ0v) is 9.70. The van der Waals surface area contributed by atoms with Crippen LogP contribution in [0.1, 0.15) is 6.92 Å². The summed E-state index contributed by atoms with van der Waals surface area (Å²) in [6, 6.07) is -0.0961. The van der Waals surface area contributed by atoms with Crippen LogP contribution in [0.2, 0.25) is 0 Å². The molecule has 0 unspecified atom stereocenters. The standard InChI is InChI=1S/C8H18N4OS/c1-4-9-7(14)10-5-6-11-8(13)12(2)3/h4-6H2,1-3H3,(H,11,13)(H2,9,10,14). The molecule has 0 aliphatic carbocycles. The summed E-state index contributed by atoms with van der Waals surface area (Å²) in [5, 5.41) is 9.25. The van der Waals surface area contributed by atoms with E-state index in [1.807, 2.05) is 6.92 Å². The van der Waals surface area contributed by atoms with Crippen LogP contribution in [0.25, 0.3) is 0 Å². The van der Waals surface area contributed by atoms with Crippen molar-refractivity contribution in [1.29, 1.82) is 0 Å². The van der Waals surface area contributed by atoms with Gasteiger partial charge in [-0.2, -0.15) is 0 Å². The van der Waals surface area contributed by atoms with Crippen LogP contribution in [-0.4, -0.2) is 49.8 Å². The molecule has 3 N–H and O–H groups in total. The minimum atomic E-state index is -0.0961. The van der Waals surface area contributed by atoms with Gasteiger partial charge in [-0.15, -0.1) is 0 Å². The lowest BCUT2D eigenvalue weighted by molar-refractivity contribution is 0.217. The van der Waals surface area contributed by atoms with Gasteiger partial charge in [-0.05, 0) is 19.1 Å². The number of nitrogens with zero attached hydrogens (tertiary/aromatic N) is 1. The Balaban J connectivity index is 3.38. The third-order valence-corrected chi connectivity index (χ3v) is 1.72.